The Hall–Kier alpha value is -2.35. The Morgan fingerprint density at radius 3 is 2.31 bits per heavy atom. The number of aliphatic carboxylic acids is 1. The summed E-state index contributed by atoms with van der Waals surface area (Å²) in [5.41, 5.74) is 0.734. The molecule has 0 aliphatic rings. The number of carboxylic acids is 1. The van der Waals surface area contributed by atoms with E-state index in [1.165, 1.54) is 24.3 Å². The van der Waals surface area contributed by atoms with Crippen LogP contribution >= 0.6 is 0 Å². The monoisotopic (exact) mass is 219 g/mol. The fourth-order valence-electron chi connectivity index (χ4n) is 1.16. The number of hydrogen-bond acceptors (Lipinski definition) is 4. The van der Waals surface area contributed by atoms with Gasteiger partial charge >= 0.3 is 11.9 Å². The van der Waals surface area contributed by atoms with E-state index in [4.69, 9.17) is 10.4 Å². The summed E-state index contributed by atoms with van der Waals surface area (Å²) < 4.78 is 4.65. The van der Waals surface area contributed by atoms with E-state index in [9.17, 15) is 9.59 Å². The minimum Gasteiger partial charge on any atom is -0.478 e. The molecule has 0 bridgehead atoms. The Morgan fingerprint density at radius 2 is 1.94 bits per heavy atom. The van der Waals surface area contributed by atoms with E-state index >= 15 is 0 Å². The molecule has 0 heterocycles. The number of esters is 1. The van der Waals surface area contributed by atoms with E-state index in [1.807, 2.05) is 6.07 Å². The first kappa shape index (κ1) is 11.7. The maximum absolute atomic E-state index is 10.8. The largest absolute Gasteiger partial charge is 0.478 e. The van der Waals surface area contributed by atoms with Gasteiger partial charge in [0.05, 0.1) is 11.6 Å². The van der Waals surface area contributed by atoms with E-state index < -0.39 is 18.0 Å². The molecule has 0 spiro atoms. The predicted octanol–water partition coefficient (Wildman–Crippen LogP) is 1.25. The minimum absolute atomic E-state index is 0.321. The number of carbonyl (C=O) groups is 2. The first-order valence-corrected chi connectivity index (χ1v) is 4.44. The van der Waals surface area contributed by atoms with Crippen LogP contribution in [0.5, 0.6) is 0 Å². The van der Waals surface area contributed by atoms with E-state index in [0.717, 1.165) is 6.92 Å². The molecule has 0 saturated carbocycles. The molecule has 1 N–H and O–H groups in total. The van der Waals surface area contributed by atoms with Crippen molar-refractivity contribution in [3.05, 3.63) is 35.4 Å². The van der Waals surface area contributed by atoms with Gasteiger partial charge in [0, 0.05) is 12.5 Å². The van der Waals surface area contributed by atoms with Crippen LogP contribution in [0.3, 0.4) is 0 Å². The SMILES string of the molecule is CC(=O)OC(C(=O)O)c1ccc(C#N)cc1. The second-order valence-corrected chi connectivity index (χ2v) is 3.06. The number of rotatable bonds is 3. The molecule has 0 radical (unpaired) electrons. The van der Waals surface area contributed by atoms with Gasteiger partial charge in [-0.3, -0.25) is 4.79 Å². The van der Waals surface area contributed by atoms with Crippen molar-refractivity contribution >= 4 is 11.9 Å². The van der Waals surface area contributed by atoms with Gasteiger partial charge in [-0.05, 0) is 12.1 Å². The van der Waals surface area contributed by atoms with Crippen molar-refractivity contribution in [1.29, 1.82) is 5.26 Å². The van der Waals surface area contributed by atoms with Crippen molar-refractivity contribution in [1.82, 2.24) is 0 Å². The molecule has 5 heteroatoms. The van der Waals surface area contributed by atoms with Gasteiger partial charge in [0.2, 0.25) is 6.10 Å². The maximum Gasteiger partial charge on any atom is 0.349 e. The highest BCUT2D eigenvalue weighted by molar-refractivity contribution is 5.78. The second-order valence-electron chi connectivity index (χ2n) is 3.06. The van der Waals surface area contributed by atoms with Crippen LogP contribution in [0.15, 0.2) is 24.3 Å². The Bertz CT molecular complexity index is 444. The fraction of sp³-hybridized carbons (Fsp3) is 0.182. The smallest absolute Gasteiger partial charge is 0.349 e. The molecular formula is C11H9NO4. The number of hydrogen-bond donors (Lipinski definition) is 1. The van der Waals surface area contributed by atoms with Crippen molar-refractivity contribution in [3.63, 3.8) is 0 Å². The molecule has 82 valence electrons. The molecule has 0 aromatic heterocycles. The van der Waals surface area contributed by atoms with Crippen LogP contribution in [0.2, 0.25) is 0 Å². The van der Waals surface area contributed by atoms with Gasteiger partial charge in [0.1, 0.15) is 0 Å². The molecule has 16 heavy (non-hydrogen) atoms. The summed E-state index contributed by atoms with van der Waals surface area (Å²) in [6.07, 6.45) is -1.33. The average molecular weight is 219 g/mol. The zero-order chi connectivity index (χ0) is 12.1. The van der Waals surface area contributed by atoms with Crippen LogP contribution in [0.1, 0.15) is 24.2 Å². The standard InChI is InChI=1S/C11H9NO4/c1-7(13)16-10(11(14)15)9-4-2-8(6-12)3-5-9/h2-5,10H,1H3,(H,14,15). The van der Waals surface area contributed by atoms with Crippen LogP contribution in [0.25, 0.3) is 0 Å². The summed E-state index contributed by atoms with van der Waals surface area (Å²) in [6, 6.07) is 7.73. The third kappa shape index (κ3) is 2.82. The number of nitriles is 1. The zero-order valence-corrected chi connectivity index (χ0v) is 8.51. The Kier molecular flexibility index (Phi) is 3.62. The number of carboxylic acid groups (broad SMARTS) is 1. The second kappa shape index (κ2) is 4.94. The first-order chi connectivity index (χ1) is 7.54. The van der Waals surface area contributed by atoms with Gasteiger partial charge < -0.3 is 9.84 Å². The lowest BCUT2D eigenvalue weighted by molar-refractivity contribution is -0.163. The third-order valence-corrected chi connectivity index (χ3v) is 1.85. The summed E-state index contributed by atoms with van der Waals surface area (Å²) in [5, 5.41) is 17.4. The average Bonchev–Trinajstić information content (AvgIpc) is 2.25. The molecule has 1 rings (SSSR count). The van der Waals surface area contributed by atoms with Crippen LogP contribution in [0, 0.1) is 11.3 Å². The van der Waals surface area contributed by atoms with Crippen molar-refractivity contribution in [2.75, 3.05) is 0 Å². The quantitative estimate of drug-likeness (QED) is 0.773. The molecule has 0 saturated heterocycles. The van der Waals surface area contributed by atoms with Crippen LogP contribution in [0.4, 0.5) is 0 Å². The van der Waals surface area contributed by atoms with Crippen molar-refractivity contribution in [3.8, 4) is 6.07 Å². The molecule has 5 nitrogen and oxygen atoms in total. The maximum atomic E-state index is 10.8. The van der Waals surface area contributed by atoms with Crippen LogP contribution < -0.4 is 0 Å². The van der Waals surface area contributed by atoms with E-state index in [2.05, 4.69) is 4.74 Å². The molecular weight excluding hydrogens is 210 g/mol. The van der Waals surface area contributed by atoms with E-state index in [0.29, 0.717) is 11.1 Å². The highest BCUT2D eigenvalue weighted by Crippen LogP contribution is 2.18. The van der Waals surface area contributed by atoms with Crippen LogP contribution in [-0.4, -0.2) is 17.0 Å². The Balaban J connectivity index is 2.98. The van der Waals surface area contributed by atoms with Gasteiger partial charge in [0.25, 0.3) is 0 Å². The molecule has 1 unspecified atom stereocenters. The molecule has 0 aliphatic heterocycles. The van der Waals surface area contributed by atoms with E-state index in [1.54, 1.807) is 0 Å². The third-order valence-electron chi connectivity index (χ3n) is 1.85. The summed E-state index contributed by atoms with van der Waals surface area (Å²) in [4.78, 5) is 21.6. The van der Waals surface area contributed by atoms with Crippen molar-refractivity contribution in [2.24, 2.45) is 0 Å². The minimum atomic E-state index is -1.33. The lowest BCUT2D eigenvalue weighted by Crippen LogP contribution is -2.17. The highest BCUT2D eigenvalue weighted by atomic mass is 16.6. The van der Waals surface area contributed by atoms with Crippen LogP contribution in [-0.2, 0) is 14.3 Å². The predicted molar refractivity (Wildman–Crippen MR) is 53.3 cm³/mol. The Labute approximate surface area is 91.9 Å². The highest BCUT2D eigenvalue weighted by Gasteiger charge is 2.22. The number of benzene rings is 1. The van der Waals surface area contributed by atoms with Gasteiger partial charge in [0.15, 0.2) is 0 Å². The van der Waals surface area contributed by atoms with Gasteiger partial charge in [-0.2, -0.15) is 5.26 Å². The molecule has 1 aromatic rings. The van der Waals surface area contributed by atoms with Crippen molar-refractivity contribution < 1.29 is 19.4 Å². The molecule has 0 fully saturated rings. The van der Waals surface area contributed by atoms with Gasteiger partial charge in [-0.15, -0.1) is 0 Å². The Morgan fingerprint density at radius 1 is 1.38 bits per heavy atom. The lowest BCUT2D eigenvalue weighted by Gasteiger charge is -2.12. The lowest BCUT2D eigenvalue weighted by atomic mass is 10.1. The normalized spacial score (nSPS) is 11.2. The first-order valence-electron chi connectivity index (χ1n) is 4.44. The zero-order valence-electron chi connectivity index (χ0n) is 8.51. The summed E-state index contributed by atoms with van der Waals surface area (Å²) in [6.45, 7) is 1.14. The van der Waals surface area contributed by atoms with E-state index in [-0.39, 0.29) is 0 Å². The topological polar surface area (TPSA) is 87.4 Å². The molecule has 0 aliphatic carbocycles. The summed E-state index contributed by atoms with van der Waals surface area (Å²) in [7, 11) is 0. The molecule has 1 aromatic carbocycles. The van der Waals surface area contributed by atoms with Crippen molar-refractivity contribution in [2.45, 2.75) is 13.0 Å². The fourth-order valence-corrected chi connectivity index (χ4v) is 1.16. The van der Waals surface area contributed by atoms with Gasteiger partial charge in [-0.25, -0.2) is 4.79 Å². The van der Waals surface area contributed by atoms with Gasteiger partial charge in [-0.1, -0.05) is 12.1 Å². The number of carbonyl (C=O) groups excluding carboxylic acids is 1. The molecule has 0 amide bonds. The summed E-state index contributed by atoms with van der Waals surface area (Å²) in [5.74, 6) is -1.92. The number of ether oxygens (including phenoxy) is 1. The number of nitrogens with zero attached hydrogens (tertiary/aromatic N) is 1. The summed E-state index contributed by atoms with van der Waals surface area (Å²) >= 11 is 0. The molecule has 1 atom stereocenters.